The Hall–Kier alpha value is -4.55. The van der Waals surface area contributed by atoms with Gasteiger partial charge in [0.1, 0.15) is 11.4 Å². The normalized spacial score (nSPS) is 18.3. The van der Waals surface area contributed by atoms with E-state index in [-0.39, 0.29) is 42.7 Å². The number of anilines is 2. The van der Waals surface area contributed by atoms with E-state index in [2.05, 4.69) is 9.80 Å². The summed E-state index contributed by atoms with van der Waals surface area (Å²) in [7, 11) is 6.61. The maximum absolute atomic E-state index is 16.4. The minimum absolute atomic E-state index is 0.0685. The van der Waals surface area contributed by atoms with Gasteiger partial charge in [-0.25, -0.2) is 9.18 Å². The number of methoxy groups -OCH3 is 2. The molecule has 1 saturated carbocycles. The number of ether oxygens (including phenoxy) is 4. The minimum Gasteiger partial charge on any atom is -0.493 e. The van der Waals surface area contributed by atoms with Gasteiger partial charge < -0.3 is 28.7 Å². The second kappa shape index (κ2) is 18.8. The van der Waals surface area contributed by atoms with E-state index >= 15 is 4.39 Å². The number of carbonyl (C=O) groups excluding carboxylic acids is 3. The van der Waals surface area contributed by atoms with E-state index in [1.54, 1.807) is 37.3 Å². The third-order valence-electron chi connectivity index (χ3n) is 10.6. The zero-order valence-electron chi connectivity index (χ0n) is 34.8. The first-order valence-electron chi connectivity index (χ1n) is 19.7. The molecule has 0 N–H and O–H groups in total. The molecule has 3 aromatic rings. The lowest BCUT2D eigenvalue weighted by atomic mass is 9.85. The van der Waals surface area contributed by atoms with Gasteiger partial charge in [0.15, 0.2) is 11.5 Å². The average Bonchev–Trinajstić information content (AvgIpc) is 3.15. The predicted octanol–water partition coefficient (Wildman–Crippen LogP) is 8.29. The molecule has 3 aromatic carbocycles. The Labute approximate surface area is 341 Å². The molecule has 0 aromatic heterocycles. The van der Waals surface area contributed by atoms with Gasteiger partial charge >= 0.3 is 12.1 Å². The number of likely N-dealkylation sites (N-methyl/N-ethyl adjacent to an activating group) is 1. The van der Waals surface area contributed by atoms with Crippen LogP contribution in [0, 0.1) is 11.7 Å². The summed E-state index contributed by atoms with van der Waals surface area (Å²) in [6.45, 7) is 11.1. The largest absolute Gasteiger partial charge is 0.493 e. The van der Waals surface area contributed by atoms with Crippen molar-refractivity contribution >= 4 is 40.9 Å². The number of amides is 2. The zero-order chi connectivity index (χ0) is 41.6. The fourth-order valence-corrected chi connectivity index (χ4v) is 7.88. The summed E-state index contributed by atoms with van der Waals surface area (Å²) in [5, 5.41) is 0.555. The second-order valence-electron chi connectivity index (χ2n) is 16.4. The van der Waals surface area contributed by atoms with E-state index in [1.807, 2.05) is 72.0 Å². The van der Waals surface area contributed by atoms with Crippen LogP contribution in [0.3, 0.4) is 0 Å². The van der Waals surface area contributed by atoms with Gasteiger partial charge in [0.05, 0.1) is 45.0 Å². The number of benzene rings is 3. The highest BCUT2D eigenvalue weighted by Gasteiger charge is 2.38. The summed E-state index contributed by atoms with van der Waals surface area (Å²) in [6, 6.07) is 15.6. The Morgan fingerprint density at radius 1 is 0.947 bits per heavy atom. The molecule has 1 heterocycles. The van der Waals surface area contributed by atoms with Gasteiger partial charge in [-0.1, -0.05) is 23.7 Å². The van der Waals surface area contributed by atoms with E-state index in [0.29, 0.717) is 47.8 Å². The lowest BCUT2D eigenvalue weighted by Gasteiger charge is -2.39. The fraction of sp³-hybridized carbons (Fsp3) is 0.523. The second-order valence-corrected chi connectivity index (χ2v) is 16.8. The first-order valence-corrected chi connectivity index (χ1v) is 20.1. The van der Waals surface area contributed by atoms with E-state index < -0.39 is 23.6 Å². The molecule has 0 spiro atoms. The van der Waals surface area contributed by atoms with Crippen molar-refractivity contribution in [2.75, 3.05) is 64.3 Å². The SMILES string of the molecule is COC(=O)CN(CCN(C)C(=O)OC(C)(C)C)C1CCC(CN(C)c2ccc(N3C(=O)Cc4cc(OC)c(OC(C)C)cc4C3c3ccc(Cl)cc3)c(F)c2)CC1. The topological polar surface area (TPSA) is 101 Å². The number of rotatable bonds is 14. The van der Waals surface area contributed by atoms with Crippen LogP contribution in [0.15, 0.2) is 54.6 Å². The van der Waals surface area contributed by atoms with Crippen molar-refractivity contribution in [2.45, 2.75) is 90.5 Å². The highest BCUT2D eigenvalue weighted by atomic mass is 35.5. The summed E-state index contributed by atoms with van der Waals surface area (Å²) in [4.78, 5) is 46.2. The molecular weight excluding hydrogens is 751 g/mol. The number of fused-ring (bicyclic) bond motifs is 1. The number of hydrogen-bond donors (Lipinski definition) is 0. The molecule has 0 saturated heterocycles. The molecule has 1 atom stereocenters. The number of esters is 1. The van der Waals surface area contributed by atoms with Crippen molar-refractivity contribution in [1.29, 1.82) is 0 Å². The summed E-state index contributed by atoms with van der Waals surface area (Å²) < 4.78 is 38.6. The van der Waals surface area contributed by atoms with Crippen LogP contribution in [0.2, 0.25) is 5.02 Å². The van der Waals surface area contributed by atoms with Crippen LogP contribution < -0.4 is 19.3 Å². The van der Waals surface area contributed by atoms with Gasteiger partial charge in [0.25, 0.3) is 0 Å². The molecule has 2 amide bonds. The van der Waals surface area contributed by atoms with Crippen molar-refractivity contribution in [2.24, 2.45) is 5.92 Å². The maximum Gasteiger partial charge on any atom is 0.410 e. The van der Waals surface area contributed by atoms with E-state index in [4.69, 9.17) is 30.5 Å². The lowest BCUT2D eigenvalue weighted by Crippen LogP contribution is -2.46. The molecule has 1 aliphatic heterocycles. The molecule has 1 unspecified atom stereocenters. The van der Waals surface area contributed by atoms with Gasteiger partial charge in [-0.05, 0) is 125 Å². The molecular formula is C44H58ClFN4O7. The van der Waals surface area contributed by atoms with Crippen LogP contribution in [0.25, 0.3) is 0 Å². The van der Waals surface area contributed by atoms with E-state index in [1.165, 1.54) is 18.1 Å². The maximum atomic E-state index is 16.4. The smallest absolute Gasteiger partial charge is 0.410 e. The molecule has 0 radical (unpaired) electrons. The molecule has 1 aliphatic carbocycles. The molecule has 57 heavy (non-hydrogen) atoms. The molecule has 2 aliphatic rings. The fourth-order valence-electron chi connectivity index (χ4n) is 7.75. The number of carbonyl (C=O) groups is 3. The first-order chi connectivity index (χ1) is 27.0. The third kappa shape index (κ3) is 11.1. The average molecular weight is 809 g/mol. The predicted molar refractivity (Wildman–Crippen MR) is 221 cm³/mol. The van der Waals surface area contributed by atoms with Crippen LogP contribution >= 0.6 is 11.6 Å². The van der Waals surface area contributed by atoms with E-state index in [9.17, 15) is 14.4 Å². The molecule has 11 nitrogen and oxygen atoms in total. The van der Waals surface area contributed by atoms with Crippen LogP contribution in [0.5, 0.6) is 11.5 Å². The number of nitrogens with zero attached hydrogens (tertiary/aromatic N) is 4. The molecule has 0 bridgehead atoms. The standard InChI is InChI=1S/C44H58ClFN4O7/c1-28(2)56-39-25-35-31(22-38(39)54-8)23-40(51)50(42(35)30-12-14-32(45)15-13-30)37-19-18-34(24-36(37)46)48(7)26-29-10-16-33(17-11-29)49(27-41(52)55-9)21-20-47(6)43(53)57-44(3,4)5/h12-15,18-19,22,24-25,28-29,33,42H,10-11,16-17,20-21,23,26-27H2,1-9H3. The Morgan fingerprint density at radius 3 is 2.23 bits per heavy atom. The van der Waals surface area contributed by atoms with Crippen LogP contribution in [-0.4, -0.2) is 100 Å². The monoisotopic (exact) mass is 808 g/mol. The van der Waals surface area contributed by atoms with Gasteiger partial charge in [0, 0.05) is 50.5 Å². The van der Waals surface area contributed by atoms with Crippen LogP contribution in [0.1, 0.15) is 83.0 Å². The molecule has 310 valence electrons. The Morgan fingerprint density at radius 2 is 1.63 bits per heavy atom. The minimum atomic E-state index is -0.636. The quantitative estimate of drug-likeness (QED) is 0.149. The number of halogens is 2. The zero-order valence-corrected chi connectivity index (χ0v) is 35.5. The summed E-state index contributed by atoms with van der Waals surface area (Å²) in [5.74, 6) is 0.381. The molecule has 13 heteroatoms. The van der Waals surface area contributed by atoms with Crippen molar-refractivity contribution < 1.29 is 37.7 Å². The number of hydrogen-bond acceptors (Lipinski definition) is 9. The summed E-state index contributed by atoms with van der Waals surface area (Å²) >= 11 is 6.27. The summed E-state index contributed by atoms with van der Waals surface area (Å²) in [5.41, 5.74) is 2.70. The first kappa shape index (κ1) is 43.6. The van der Waals surface area contributed by atoms with Gasteiger partial charge in [-0.15, -0.1) is 0 Å². The van der Waals surface area contributed by atoms with Crippen molar-refractivity contribution in [3.63, 3.8) is 0 Å². The van der Waals surface area contributed by atoms with Crippen molar-refractivity contribution in [1.82, 2.24) is 9.80 Å². The Balaban J connectivity index is 1.30. The highest BCUT2D eigenvalue weighted by Crippen LogP contribution is 2.45. The van der Waals surface area contributed by atoms with Crippen molar-refractivity contribution in [3.8, 4) is 11.5 Å². The van der Waals surface area contributed by atoms with Gasteiger partial charge in [-0.3, -0.25) is 19.4 Å². The van der Waals surface area contributed by atoms with Crippen LogP contribution in [-0.2, 0) is 25.5 Å². The lowest BCUT2D eigenvalue weighted by molar-refractivity contribution is -0.142. The Bertz CT molecular complexity index is 1880. The van der Waals surface area contributed by atoms with Crippen LogP contribution in [0.4, 0.5) is 20.6 Å². The molecule has 5 rings (SSSR count). The highest BCUT2D eigenvalue weighted by molar-refractivity contribution is 6.30. The molecule has 1 fully saturated rings. The third-order valence-corrected chi connectivity index (χ3v) is 10.9. The van der Waals surface area contributed by atoms with Gasteiger partial charge in [-0.2, -0.15) is 0 Å². The summed E-state index contributed by atoms with van der Waals surface area (Å²) in [6.07, 6.45) is 3.14. The van der Waals surface area contributed by atoms with E-state index in [0.717, 1.165) is 42.4 Å². The van der Waals surface area contributed by atoms with Gasteiger partial charge in [0.2, 0.25) is 5.91 Å². The Kier molecular flexibility index (Phi) is 14.4. The van der Waals surface area contributed by atoms with Crippen molar-refractivity contribution in [3.05, 3.63) is 82.1 Å².